The lowest BCUT2D eigenvalue weighted by Crippen LogP contribution is -2.48. The maximum Gasteiger partial charge on any atom is 0.191 e. The second-order valence-electron chi connectivity index (χ2n) is 7.49. The van der Waals surface area contributed by atoms with Crippen molar-refractivity contribution in [2.75, 3.05) is 19.3 Å². The van der Waals surface area contributed by atoms with E-state index in [0.29, 0.717) is 12.6 Å². The lowest BCUT2D eigenvalue weighted by molar-refractivity contribution is 0.412. The van der Waals surface area contributed by atoms with Gasteiger partial charge < -0.3 is 10.6 Å². The van der Waals surface area contributed by atoms with E-state index in [-0.39, 0.29) is 16.5 Å². The van der Waals surface area contributed by atoms with E-state index in [4.69, 9.17) is 0 Å². The Morgan fingerprint density at radius 2 is 2.12 bits per heavy atom. The van der Waals surface area contributed by atoms with Crippen molar-refractivity contribution in [2.24, 2.45) is 4.99 Å². The molecule has 0 saturated heterocycles. The van der Waals surface area contributed by atoms with Crippen LogP contribution in [0.4, 0.5) is 4.39 Å². The Morgan fingerprint density at radius 1 is 1.35 bits per heavy atom. The Hall–Kier alpha value is -1.43. The van der Waals surface area contributed by atoms with Crippen molar-refractivity contribution in [3.63, 3.8) is 0 Å². The molecule has 6 heteroatoms. The first-order valence-electron chi connectivity index (χ1n) is 9.67. The summed E-state index contributed by atoms with van der Waals surface area (Å²) in [4.78, 5) is 4.34. The van der Waals surface area contributed by atoms with E-state index in [1.165, 1.54) is 0 Å². The Kier molecular flexibility index (Phi) is 6.33. The molecule has 3 atom stereocenters. The molecule has 0 bridgehead atoms. The SMILES string of the molecule is CCS(=O)C1CCCC(NC(=NC)NCC2(c3ccccc3F)CC2)C1. The topological polar surface area (TPSA) is 53.5 Å². The normalized spacial score (nSPS) is 26.2. The molecule has 1 aromatic carbocycles. The molecular weight excluding hydrogens is 349 g/mol. The third-order valence-corrected chi connectivity index (χ3v) is 7.48. The minimum absolute atomic E-state index is 0.109. The zero-order valence-electron chi connectivity index (χ0n) is 15.8. The van der Waals surface area contributed by atoms with Gasteiger partial charge in [-0.05, 0) is 43.7 Å². The third-order valence-electron chi connectivity index (χ3n) is 5.74. The first-order chi connectivity index (χ1) is 12.6. The highest BCUT2D eigenvalue weighted by Gasteiger charge is 2.45. The van der Waals surface area contributed by atoms with Crippen LogP contribution >= 0.6 is 0 Å². The fourth-order valence-electron chi connectivity index (χ4n) is 3.97. The van der Waals surface area contributed by atoms with Gasteiger partial charge in [0.25, 0.3) is 0 Å². The molecule has 0 amide bonds. The van der Waals surface area contributed by atoms with Crippen LogP contribution in [0.15, 0.2) is 29.3 Å². The Labute approximate surface area is 158 Å². The van der Waals surface area contributed by atoms with Gasteiger partial charge in [0.2, 0.25) is 0 Å². The van der Waals surface area contributed by atoms with Gasteiger partial charge in [-0.25, -0.2) is 4.39 Å². The van der Waals surface area contributed by atoms with Gasteiger partial charge in [-0.3, -0.25) is 9.20 Å². The average Bonchev–Trinajstić information content (AvgIpc) is 3.46. The van der Waals surface area contributed by atoms with Crippen LogP contribution in [0.5, 0.6) is 0 Å². The number of halogens is 1. The molecule has 0 heterocycles. The number of benzene rings is 1. The summed E-state index contributed by atoms with van der Waals surface area (Å²) < 4.78 is 26.3. The van der Waals surface area contributed by atoms with E-state index in [1.54, 1.807) is 19.2 Å². The molecule has 2 saturated carbocycles. The molecule has 4 nitrogen and oxygen atoms in total. The van der Waals surface area contributed by atoms with Crippen molar-refractivity contribution in [3.05, 3.63) is 35.6 Å². The zero-order chi connectivity index (χ0) is 18.6. The van der Waals surface area contributed by atoms with E-state index in [0.717, 1.165) is 55.8 Å². The summed E-state index contributed by atoms with van der Waals surface area (Å²) in [5.74, 6) is 1.38. The fraction of sp³-hybridized carbons (Fsp3) is 0.650. The largest absolute Gasteiger partial charge is 0.356 e. The van der Waals surface area contributed by atoms with Gasteiger partial charge in [-0.15, -0.1) is 0 Å². The number of nitrogens with one attached hydrogen (secondary N) is 2. The molecular formula is C20H30FN3OS. The number of aliphatic imine (C=N–C) groups is 1. The summed E-state index contributed by atoms with van der Waals surface area (Å²) in [5.41, 5.74) is 0.695. The molecule has 0 aliphatic heterocycles. The molecule has 2 N–H and O–H groups in total. The summed E-state index contributed by atoms with van der Waals surface area (Å²) in [6, 6.07) is 7.38. The number of hydrogen-bond acceptors (Lipinski definition) is 2. The van der Waals surface area contributed by atoms with Crippen molar-refractivity contribution in [1.29, 1.82) is 0 Å². The highest BCUT2D eigenvalue weighted by Crippen LogP contribution is 2.48. The van der Waals surface area contributed by atoms with Crippen molar-refractivity contribution >= 4 is 16.8 Å². The molecule has 3 rings (SSSR count). The molecule has 0 radical (unpaired) electrons. The number of hydrogen-bond donors (Lipinski definition) is 2. The number of rotatable bonds is 6. The predicted octanol–water partition coefficient (Wildman–Crippen LogP) is 3.10. The van der Waals surface area contributed by atoms with Gasteiger partial charge >= 0.3 is 0 Å². The van der Waals surface area contributed by atoms with Crippen molar-refractivity contribution in [1.82, 2.24) is 10.6 Å². The molecule has 26 heavy (non-hydrogen) atoms. The zero-order valence-corrected chi connectivity index (χ0v) is 16.6. The molecule has 0 aromatic heterocycles. The van der Waals surface area contributed by atoms with Crippen LogP contribution in [0.3, 0.4) is 0 Å². The smallest absolute Gasteiger partial charge is 0.191 e. The predicted molar refractivity (Wildman–Crippen MR) is 107 cm³/mol. The quantitative estimate of drug-likeness (QED) is 0.590. The van der Waals surface area contributed by atoms with Gasteiger partial charge in [0, 0.05) is 46.9 Å². The highest BCUT2D eigenvalue weighted by atomic mass is 32.2. The molecule has 2 aliphatic rings. The Balaban J connectivity index is 1.56. The van der Waals surface area contributed by atoms with Crippen LogP contribution in [-0.2, 0) is 16.2 Å². The number of nitrogens with zero attached hydrogens (tertiary/aromatic N) is 1. The van der Waals surface area contributed by atoms with E-state index in [2.05, 4.69) is 15.6 Å². The summed E-state index contributed by atoms with van der Waals surface area (Å²) in [5, 5.41) is 7.18. The third kappa shape index (κ3) is 4.45. The van der Waals surface area contributed by atoms with Crippen molar-refractivity contribution < 1.29 is 8.60 Å². The summed E-state index contributed by atoms with van der Waals surface area (Å²) in [7, 11) is 1.04. The standard InChI is InChI=1S/C20H30FN3OS/c1-3-26(25)16-8-6-7-15(13-16)24-19(22-2)23-14-20(11-12-20)17-9-4-5-10-18(17)21/h4-5,9-10,15-16H,3,6-8,11-14H2,1-2H3,(H2,22,23,24). The van der Waals surface area contributed by atoms with E-state index < -0.39 is 10.8 Å². The van der Waals surface area contributed by atoms with E-state index in [1.807, 2.05) is 19.1 Å². The van der Waals surface area contributed by atoms with E-state index in [9.17, 15) is 8.60 Å². The van der Waals surface area contributed by atoms with Gasteiger partial charge in [0.1, 0.15) is 5.82 Å². The lowest BCUT2D eigenvalue weighted by atomic mass is 9.94. The van der Waals surface area contributed by atoms with Gasteiger partial charge in [0.05, 0.1) is 0 Å². The van der Waals surface area contributed by atoms with Gasteiger partial charge in [-0.1, -0.05) is 31.5 Å². The van der Waals surface area contributed by atoms with Crippen LogP contribution in [0.2, 0.25) is 0 Å². The molecule has 1 aromatic rings. The minimum atomic E-state index is -0.728. The average molecular weight is 380 g/mol. The summed E-state index contributed by atoms with van der Waals surface area (Å²) in [6.07, 6.45) is 6.17. The van der Waals surface area contributed by atoms with Crippen LogP contribution in [0, 0.1) is 5.82 Å². The van der Waals surface area contributed by atoms with Gasteiger partial charge in [-0.2, -0.15) is 0 Å². The molecule has 144 valence electrons. The van der Waals surface area contributed by atoms with Gasteiger partial charge in [0.15, 0.2) is 5.96 Å². The molecule has 0 spiro atoms. The number of guanidine groups is 1. The highest BCUT2D eigenvalue weighted by molar-refractivity contribution is 7.85. The maximum absolute atomic E-state index is 14.2. The monoisotopic (exact) mass is 379 g/mol. The van der Waals surface area contributed by atoms with Crippen LogP contribution < -0.4 is 10.6 Å². The molecule has 3 unspecified atom stereocenters. The first kappa shape index (κ1) is 19.3. The first-order valence-corrected chi connectivity index (χ1v) is 11.1. The van der Waals surface area contributed by atoms with Crippen LogP contribution in [0.1, 0.15) is 51.0 Å². The lowest BCUT2D eigenvalue weighted by Gasteiger charge is -2.30. The second-order valence-corrected chi connectivity index (χ2v) is 9.49. The Morgan fingerprint density at radius 3 is 2.77 bits per heavy atom. The molecule has 2 fully saturated rings. The van der Waals surface area contributed by atoms with Crippen molar-refractivity contribution in [3.8, 4) is 0 Å². The van der Waals surface area contributed by atoms with E-state index >= 15 is 0 Å². The van der Waals surface area contributed by atoms with Crippen molar-refractivity contribution in [2.45, 2.75) is 62.2 Å². The molecule has 2 aliphatic carbocycles. The Bertz CT molecular complexity index is 675. The second kappa shape index (κ2) is 8.51. The maximum atomic E-state index is 14.2. The summed E-state index contributed by atoms with van der Waals surface area (Å²) in [6.45, 7) is 2.68. The minimum Gasteiger partial charge on any atom is -0.356 e. The van der Waals surface area contributed by atoms with Crippen LogP contribution in [0.25, 0.3) is 0 Å². The summed E-state index contributed by atoms with van der Waals surface area (Å²) >= 11 is 0. The fourth-order valence-corrected chi connectivity index (χ4v) is 5.32. The van der Waals surface area contributed by atoms with Crippen LogP contribution in [-0.4, -0.2) is 40.8 Å².